The van der Waals surface area contributed by atoms with Gasteiger partial charge in [0.2, 0.25) is 0 Å². The molecule has 0 atom stereocenters. The lowest BCUT2D eigenvalue weighted by atomic mass is 9.57. The van der Waals surface area contributed by atoms with Gasteiger partial charge < -0.3 is 0 Å². The Morgan fingerprint density at radius 1 is 0.576 bits per heavy atom. The molecule has 3 saturated carbocycles. The van der Waals surface area contributed by atoms with Crippen LogP contribution in [0.25, 0.3) is 0 Å². The molecule has 33 heavy (non-hydrogen) atoms. The summed E-state index contributed by atoms with van der Waals surface area (Å²) in [5, 5.41) is 10.3. The minimum Gasteiger partial charge on any atom is -0.198 e. The second-order valence-corrected chi connectivity index (χ2v) is 12.7. The highest BCUT2D eigenvalue weighted by Crippen LogP contribution is 2.52. The summed E-state index contributed by atoms with van der Waals surface area (Å²) in [4.78, 5) is 0. The van der Waals surface area contributed by atoms with E-state index in [9.17, 15) is 5.26 Å². The standard InChI is InChI=1S/C32H57N/c1-3-5-7-9-11-13-28-16-20-31(21-17-28)32(26-33)24-22-30(23-25-32)29-18-14-27(15-19-29)12-10-8-6-4-2/h27-31H,3-25H2,1-2H3/t27?,28?,29?,30-,31?,32-. The molecule has 1 heteroatoms. The molecule has 0 aromatic rings. The molecule has 0 heterocycles. The molecule has 0 bridgehead atoms. The molecule has 0 aromatic carbocycles. The van der Waals surface area contributed by atoms with Gasteiger partial charge in [-0.25, -0.2) is 0 Å². The number of nitriles is 1. The quantitative estimate of drug-likeness (QED) is 0.253. The van der Waals surface area contributed by atoms with Crippen LogP contribution >= 0.6 is 0 Å². The summed E-state index contributed by atoms with van der Waals surface area (Å²) in [6.45, 7) is 4.62. The Balaban J connectivity index is 1.34. The summed E-state index contributed by atoms with van der Waals surface area (Å²) in [5.74, 6) is 4.62. The average Bonchev–Trinajstić information content (AvgIpc) is 2.87. The van der Waals surface area contributed by atoms with E-state index < -0.39 is 0 Å². The molecule has 3 rings (SSSR count). The predicted octanol–water partition coefficient (Wildman–Crippen LogP) is 10.6. The summed E-state index contributed by atoms with van der Waals surface area (Å²) in [6.07, 6.45) is 32.4. The van der Waals surface area contributed by atoms with Crippen LogP contribution in [0.2, 0.25) is 0 Å². The van der Waals surface area contributed by atoms with Gasteiger partial charge >= 0.3 is 0 Å². The van der Waals surface area contributed by atoms with Gasteiger partial charge in [0.25, 0.3) is 0 Å². The maximum Gasteiger partial charge on any atom is 0.0692 e. The fourth-order valence-electron chi connectivity index (χ4n) is 8.09. The van der Waals surface area contributed by atoms with E-state index in [-0.39, 0.29) is 5.41 Å². The minimum atomic E-state index is 0.0407. The van der Waals surface area contributed by atoms with E-state index in [1.165, 1.54) is 148 Å². The van der Waals surface area contributed by atoms with E-state index in [0.717, 1.165) is 23.7 Å². The van der Waals surface area contributed by atoms with Crippen molar-refractivity contribution in [1.82, 2.24) is 0 Å². The molecular formula is C32H57N. The smallest absolute Gasteiger partial charge is 0.0692 e. The highest BCUT2D eigenvalue weighted by molar-refractivity contribution is 5.06. The Labute approximate surface area is 207 Å². The van der Waals surface area contributed by atoms with Crippen molar-refractivity contribution in [3.05, 3.63) is 0 Å². The second-order valence-electron chi connectivity index (χ2n) is 12.7. The highest BCUT2D eigenvalue weighted by Gasteiger charge is 2.44. The van der Waals surface area contributed by atoms with Gasteiger partial charge in [-0.2, -0.15) is 5.26 Å². The molecule has 1 nitrogen and oxygen atoms in total. The van der Waals surface area contributed by atoms with Crippen LogP contribution in [0.5, 0.6) is 0 Å². The molecule has 0 aromatic heterocycles. The van der Waals surface area contributed by atoms with E-state index in [2.05, 4.69) is 19.9 Å². The molecule has 0 amide bonds. The number of hydrogen-bond acceptors (Lipinski definition) is 1. The SMILES string of the molecule is CCCCCCCC1CCC([C@]2(C#N)CC[C@@H](C3CCC(CCCCCC)CC3)CC2)CC1. The largest absolute Gasteiger partial charge is 0.198 e. The van der Waals surface area contributed by atoms with Crippen LogP contribution in [-0.4, -0.2) is 0 Å². The van der Waals surface area contributed by atoms with E-state index in [1.807, 2.05) is 0 Å². The Hall–Kier alpha value is -0.510. The van der Waals surface area contributed by atoms with Gasteiger partial charge in [0, 0.05) is 0 Å². The normalized spacial score (nSPS) is 35.2. The average molecular weight is 456 g/mol. The fourth-order valence-corrected chi connectivity index (χ4v) is 8.09. The molecule has 3 aliphatic rings. The third-order valence-corrected chi connectivity index (χ3v) is 10.5. The van der Waals surface area contributed by atoms with Gasteiger partial charge in [0.1, 0.15) is 0 Å². The fraction of sp³-hybridized carbons (Fsp3) is 0.969. The number of nitrogens with zero attached hydrogens (tertiary/aromatic N) is 1. The zero-order valence-electron chi connectivity index (χ0n) is 22.6. The topological polar surface area (TPSA) is 23.8 Å². The van der Waals surface area contributed by atoms with Crippen molar-refractivity contribution in [3.63, 3.8) is 0 Å². The maximum absolute atomic E-state index is 10.3. The van der Waals surface area contributed by atoms with E-state index >= 15 is 0 Å². The van der Waals surface area contributed by atoms with Crippen LogP contribution in [0.15, 0.2) is 0 Å². The Kier molecular flexibility index (Phi) is 12.1. The van der Waals surface area contributed by atoms with Gasteiger partial charge in [-0.05, 0) is 81.0 Å². The monoisotopic (exact) mass is 455 g/mol. The molecule has 0 spiro atoms. The van der Waals surface area contributed by atoms with Crippen molar-refractivity contribution in [2.75, 3.05) is 0 Å². The first kappa shape index (κ1) is 27.1. The predicted molar refractivity (Wildman–Crippen MR) is 143 cm³/mol. The summed E-state index contributed by atoms with van der Waals surface area (Å²) < 4.78 is 0. The molecule has 0 unspecified atom stereocenters. The maximum atomic E-state index is 10.3. The first-order valence-electron chi connectivity index (χ1n) is 15.6. The van der Waals surface area contributed by atoms with Gasteiger partial charge in [0.05, 0.1) is 11.5 Å². The lowest BCUT2D eigenvalue weighted by molar-refractivity contribution is 0.0601. The number of unbranched alkanes of at least 4 members (excludes halogenated alkanes) is 7. The van der Waals surface area contributed by atoms with Crippen LogP contribution in [0.1, 0.15) is 162 Å². The molecule has 0 N–H and O–H groups in total. The zero-order chi connectivity index (χ0) is 23.4. The van der Waals surface area contributed by atoms with Crippen LogP contribution in [0.3, 0.4) is 0 Å². The Bertz CT molecular complexity index is 535. The van der Waals surface area contributed by atoms with Crippen LogP contribution < -0.4 is 0 Å². The van der Waals surface area contributed by atoms with Crippen molar-refractivity contribution in [2.24, 2.45) is 35.0 Å². The summed E-state index contributed by atoms with van der Waals surface area (Å²) in [7, 11) is 0. The zero-order valence-corrected chi connectivity index (χ0v) is 22.6. The minimum absolute atomic E-state index is 0.0407. The molecule has 0 radical (unpaired) electrons. The Morgan fingerprint density at radius 3 is 1.55 bits per heavy atom. The van der Waals surface area contributed by atoms with Crippen molar-refractivity contribution in [2.45, 2.75) is 162 Å². The van der Waals surface area contributed by atoms with Gasteiger partial charge in [0.15, 0.2) is 0 Å². The van der Waals surface area contributed by atoms with Crippen LogP contribution in [0, 0.1) is 46.3 Å². The van der Waals surface area contributed by atoms with Crippen molar-refractivity contribution in [1.29, 1.82) is 5.26 Å². The van der Waals surface area contributed by atoms with Crippen molar-refractivity contribution >= 4 is 0 Å². The van der Waals surface area contributed by atoms with E-state index in [4.69, 9.17) is 0 Å². The summed E-state index contributed by atoms with van der Waals surface area (Å²) in [5.41, 5.74) is 0.0407. The molecule has 0 saturated heterocycles. The molecule has 3 aliphatic carbocycles. The van der Waals surface area contributed by atoms with E-state index in [0.29, 0.717) is 5.92 Å². The number of hydrogen-bond donors (Lipinski definition) is 0. The molecule has 3 fully saturated rings. The lowest BCUT2D eigenvalue weighted by Gasteiger charge is -2.46. The molecule has 0 aliphatic heterocycles. The molecule has 190 valence electrons. The summed E-state index contributed by atoms with van der Waals surface area (Å²) >= 11 is 0. The van der Waals surface area contributed by atoms with Gasteiger partial charge in [-0.3, -0.25) is 0 Å². The lowest BCUT2D eigenvalue weighted by Crippen LogP contribution is -2.38. The van der Waals surface area contributed by atoms with Crippen LogP contribution in [-0.2, 0) is 0 Å². The van der Waals surface area contributed by atoms with E-state index in [1.54, 1.807) is 0 Å². The highest BCUT2D eigenvalue weighted by atomic mass is 14.5. The first-order valence-corrected chi connectivity index (χ1v) is 15.6. The third kappa shape index (κ3) is 8.29. The number of rotatable bonds is 13. The second kappa shape index (κ2) is 14.8. The van der Waals surface area contributed by atoms with Crippen molar-refractivity contribution < 1.29 is 0 Å². The van der Waals surface area contributed by atoms with Gasteiger partial charge in [-0.1, -0.05) is 110 Å². The van der Waals surface area contributed by atoms with Gasteiger partial charge in [-0.15, -0.1) is 0 Å². The van der Waals surface area contributed by atoms with Crippen molar-refractivity contribution in [3.8, 4) is 6.07 Å². The third-order valence-electron chi connectivity index (χ3n) is 10.5. The Morgan fingerprint density at radius 2 is 1.03 bits per heavy atom. The first-order chi connectivity index (χ1) is 16.2. The van der Waals surface area contributed by atoms with Crippen LogP contribution in [0.4, 0.5) is 0 Å². The summed E-state index contributed by atoms with van der Waals surface area (Å²) in [6, 6.07) is 2.93. The molecular weight excluding hydrogens is 398 g/mol.